The second-order valence-electron chi connectivity index (χ2n) is 6.21. The van der Waals surface area contributed by atoms with Gasteiger partial charge in [0.25, 0.3) is 0 Å². The summed E-state index contributed by atoms with van der Waals surface area (Å²) in [5, 5.41) is 11.3. The van der Waals surface area contributed by atoms with Crippen LogP contribution in [0.1, 0.15) is 31.9 Å². The predicted octanol–water partition coefficient (Wildman–Crippen LogP) is 1.77. The minimum absolute atomic E-state index is 0.0182. The van der Waals surface area contributed by atoms with Crippen molar-refractivity contribution >= 4 is 5.91 Å². The Hall–Kier alpha value is -2.41. The molecular weight excluding hydrogens is 318 g/mol. The Labute approximate surface area is 148 Å². The minimum atomic E-state index is -0.0182. The summed E-state index contributed by atoms with van der Waals surface area (Å²) in [7, 11) is 1.64. The Morgan fingerprint density at radius 2 is 2.12 bits per heavy atom. The summed E-state index contributed by atoms with van der Waals surface area (Å²) < 4.78 is 6.85. The van der Waals surface area contributed by atoms with Crippen molar-refractivity contribution in [3.8, 4) is 11.4 Å². The van der Waals surface area contributed by atoms with E-state index in [1.807, 2.05) is 30.5 Å². The molecule has 1 aliphatic heterocycles. The van der Waals surface area contributed by atoms with Gasteiger partial charge in [0.05, 0.1) is 31.6 Å². The molecule has 0 bridgehead atoms. The number of piperidine rings is 1. The van der Waals surface area contributed by atoms with E-state index in [1.54, 1.807) is 11.8 Å². The average molecular weight is 343 g/mol. The van der Waals surface area contributed by atoms with Gasteiger partial charge in [0, 0.05) is 0 Å². The second-order valence-corrected chi connectivity index (χ2v) is 6.21. The summed E-state index contributed by atoms with van der Waals surface area (Å²) in [5.74, 6) is 0.879. The summed E-state index contributed by atoms with van der Waals surface area (Å²) in [6.45, 7) is 4.41. The number of rotatable bonds is 6. The Morgan fingerprint density at radius 3 is 2.84 bits per heavy atom. The molecule has 1 saturated heterocycles. The maximum atomic E-state index is 12.5. The summed E-state index contributed by atoms with van der Waals surface area (Å²) >= 11 is 0. The zero-order valence-electron chi connectivity index (χ0n) is 14.8. The molecule has 1 atom stereocenters. The van der Waals surface area contributed by atoms with Crippen molar-refractivity contribution in [2.75, 3.05) is 20.2 Å². The molecule has 25 heavy (non-hydrogen) atoms. The van der Waals surface area contributed by atoms with Gasteiger partial charge >= 0.3 is 0 Å². The molecule has 1 aromatic heterocycles. The number of aromatic nitrogens is 3. The number of carbonyl (C=O) groups is 1. The van der Waals surface area contributed by atoms with Gasteiger partial charge in [-0.1, -0.05) is 18.6 Å². The number of benzene rings is 1. The summed E-state index contributed by atoms with van der Waals surface area (Å²) in [5.41, 5.74) is 1.64. The van der Waals surface area contributed by atoms with Crippen molar-refractivity contribution in [3.05, 3.63) is 36.2 Å². The van der Waals surface area contributed by atoms with Crippen molar-refractivity contribution in [3.63, 3.8) is 0 Å². The largest absolute Gasteiger partial charge is 0.497 e. The first-order valence-corrected chi connectivity index (χ1v) is 8.78. The molecule has 1 aromatic carbocycles. The fourth-order valence-electron chi connectivity index (χ4n) is 3.20. The Bertz CT molecular complexity index is 698. The summed E-state index contributed by atoms with van der Waals surface area (Å²) in [4.78, 5) is 14.7. The molecule has 0 radical (unpaired) electrons. The van der Waals surface area contributed by atoms with Gasteiger partial charge in [-0.15, -0.1) is 5.10 Å². The lowest BCUT2D eigenvalue weighted by atomic mass is 10.0. The van der Waals surface area contributed by atoms with Crippen LogP contribution in [-0.4, -0.2) is 52.0 Å². The molecule has 7 heteroatoms. The number of likely N-dealkylation sites (N-methyl/N-ethyl adjacent to an activating group) is 1. The topological polar surface area (TPSA) is 72.3 Å². The quantitative estimate of drug-likeness (QED) is 0.865. The zero-order chi connectivity index (χ0) is 17.6. The Kier molecular flexibility index (Phi) is 5.65. The normalized spacial score (nSPS) is 18.1. The number of methoxy groups -OCH3 is 1. The standard InChI is InChI=1S/C18H25N5O2/c1-3-22-11-5-4-6-17(22)18(24)19-12-14-13-23(21-20-14)15-7-9-16(25-2)10-8-15/h7-10,13,17H,3-6,11-12H2,1-2H3,(H,19,24)/t17-/m1/s1. The lowest BCUT2D eigenvalue weighted by molar-refractivity contribution is -0.127. The number of amides is 1. The molecule has 0 aliphatic carbocycles. The zero-order valence-corrected chi connectivity index (χ0v) is 14.8. The van der Waals surface area contributed by atoms with Crippen LogP contribution in [0.5, 0.6) is 5.75 Å². The average Bonchev–Trinajstić information content (AvgIpc) is 3.15. The molecule has 0 spiro atoms. The number of hydrogen-bond donors (Lipinski definition) is 1. The first-order chi connectivity index (χ1) is 12.2. The lowest BCUT2D eigenvalue weighted by Crippen LogP contribution is -2.49. The molecule has 2 aromatic rings. The van der Waals surface area contributed by atoms with Gasteiger partial charge in [-0.2, -0.15) is 0 Å². The molecule has 1 N–H and O–H groups in total. The van der Waals surface area contributed by atoms with Crippen molar-refractivity contribution < 1.29 is 9.53 Å². The van der Waals surface area contributed by atoms with Crippen LogP contribution in [0.15, 0.2) is 30.5 Å². The van der Waals surface area contributed by atoms with Gasteiger partial charge < -0.3 is 10.1 Å². The van der Waals surface area contributed by atoms with E-state index in [4.69, 9.17) is 4.74 Å². The lowest BCUT2D eigenvalue weighted by Gasteiger charge is -2.33. The van der Waals surface area contributed by atoms with E-state index in [1.165, 1.54) is 6.42 Å². The van der Waals surface area contributed by atoms with Crippen LogP contribution in [0.2, 0.25) is 0 Å². The van der Waals surface area contributed by atoms with Gasteiger partial charge in [-0.25, -0.2) is 4.68 Å². The fraction of sp³-hybridized carbons (Fsp3) is 0.500. The number of hydrogen-bond acceptors (Lipinski definition) is 5. The number of nitrogens with one attached hydrogen (secondary N) is 1. The molecule has 134 valence electrons. The van der Waals surface area contributed by atoms with Crippen molar-refractivity contribution in [1.82, 2.24) is 25.2 Å². The van der Waals surface area contributed by atoms with Gasteiger partial charge in [0.15, 0.2) is 0 Å². The number of ether oxygens (including phenoxy) is 1. The van der Waals surface area contributed by atoms with Crippen LogP contribution in [0.3, 0.4) is 0 Å². The van der Waals surface area contributed by atoms with E-state index in [0.717, 1.165) is 43.1 Å². The molecule has 7 nitrogen and oxygen atoms in total. The van der Waals surface area contributed by atoms with E-state index in [0.29, 0.717) is 6.54 Å². The van der Waals surface area contributed by atoms with Crippen molar-refractivity contribution in [1.29, 1.82) is 0 Å². The highest BCUT2D eigenvalue weighted by Crippen LogP contribution is 2.17. The van der Waals surface area contributed by atoms with Gasteiger partial charge in [-0.3, -0.25) is 9.69 Å². The smallest absolute Gasteiger partial charge is 0.237 e. The number of carbonyl (C=O) groups excluding carboxylic acids is 1. The molecule has 2 heterocycles. The number of likely N-dealkylation sites (tertiary alicyclic amines) is 1. The summed E-state index contributed by atoms with van der Waals surface area (Å²) in [6, 6.07) is 7.56. The predicted molar refractivity (Wildman–Crippen MR) is 94.6 cm³/mol. The maximum absolute atomic E-state index is 12.5. The van der Waals surface area contributed by atoms with Crippen molar-refractivity contribution in [2.45, 2.75) is 38.8 Å². The molecule has 1 amide bonds. The highest BCUT2D eigenvalue weighted by atomic mass is 16.5. The van der Waals surface area contributed by atoms with Gasteiger partial charge in [-0.05, 0) is 50.2 Å². The monoisotopic (exact) mass is 343 g/mol. The third-order valence-electron chi connectivity index (χ3n) is 4.64. The van der Waals surface area contributed by atoms with E-state index < -0.39 is 0 Å². The van der Waals surface area contributed by atoms with Crippen LogP contribution in [-0.2, 0) is 11.3 Å². The minimum Gasteiger partial charge on any atom is -0.497 e. The molecular formula is C18H25N5O2. The Morgan fingerprint density at radius 1 is 1.32 bits per heavy atom. The van der Waals surface area contributed by atoms with E-state index in [2.05, 4.69) is 27.5 Å². The van der Waals surface area contributed by atoms with Crippen LogP contribution in [0.4, 0.5) is 0 Å². The third-order valence-corrected chi connectivity index (χ3v) is 4.64. The van der Waals surface area contributed by atoms with E-state index in [-0.39, 0.29) is 11.9 Å². The summed E-state index contributed by atoms with van der Waals surface area (Å²) in [6.07, 6.45) is 5.05. The molecule has 1 fully saturated rings. The molecule has 0 unspecified atom stereocenters. The highest BCUT2D eigenvalue weighted by Gasteiger charge is 2.27. The van der Waals surface area contributed by atoms with Crippen LogP contribution < -0.4 is 10.1 Å². The first kappa shape index (κ1) is 17.4. The molecule has 1 aliphatic rings. The number of nitrogens with zero attached hydrogens (tertiary/aromatic N) is 4. The van der Waals surface area contributed by atoms with E-state index in [9.17, 15) is 4.79 Å². The first-order valence-electron chi connectivity index (χ1n) is 8.78. The Balaban J connectivity index is 1.58. The fourth-order valence-corrected chi connectivity index (χ4v) is 3.20. The maximum Gasteiger partial charge on any atom is 0.237 e. The van der Waals surface area contributed by atoms with Crippen LogP contribution in [0, 0.1) is 0 Å². The van der Waals surface area contributed by atoms with Crippen molar-refractivity contribution in [2.24, 2.45) is 0 Å². The van der Waals surface area contributed by atoms with Crippen LogP contribution >= 0.6 is 0 Å². The molecule has 0 saturated carbocycles. The SMILES string of the molecule is CCN1CCCC[C@@H]1C(=O)NCc1cn(-c2ccc(OC)cc2)nn1. The van der Waals surface area contributed by atoms with Crippen LogP contribution in [0.25, 0.3) is 5.69 Å². The van der Waals surface area contributed by atoms with Gasteiger partial charge in [0.2, 0.25) is 5.91 Å². The molecule has 3 rings (SSSR count). The second kappa shape index (κ2) is 8.11. The van der Waals surface area contributed by atoms with Gasteiger partial charge in [0.1, 0.15) is 11.4 Å². The highest BCUT2D eigenvalue weighted by molar-refractivity contribution is 5.81. The third kappa shape index (κ3) is 4.17. The van der Waals surface area contributed by atoms with E-state index >= 15 is 0 Å².